The number of para-hydroxylation sites is 1. The number of aliphatic carboxylic acids is 1. The standard InChI is InChI=1S/C24H27F3N5O5P.C2HF3O2/c1-4-23(37-5-2,38(34,35)36)15-10-12-16(13-11-15)30-22-29-14-18(24(25,26)27)20(32-22)31-19-9-7-6-8-17(19)21(33)28-3;3-2(4,5)1(6)7/h6-14H,4-5H2,1-3H3,(H,28,33)(H2,34,35,36)(H2,29,30,31,32);(H,6,7). The number of nitrogens with one attached hydrogen (secondary N) is 3. The number of nitrogens with zero attached hydrogens (tertiary/aromatic N) is 2. The van der Waals surface area contributed by atoms with E-state index in [2.05, 4.69) is 25.9 Å². The molecule has 0 saturated heterocycles. The number of hydrogen-bond donors (Lipinski definition) is 6. The van der Waals surface area contributed by atoms with Crippen LogP contribution in [0.1, 0.15) is 41.8 Å². The molecular weight excluding hydrogens is 639 g/mol. The van der Waals surface area contributed by atoms with Crippen LogP contribution in [0.3, 0.4) is 0 Å². The van der Waals surface area contributed by atoms with Crippen molar-refractivity contribution in [1.82, 2.24) is 15.3 Å². The fraction of sp³-hybridized carbons (Fsp3) is 0.308. The minimum atomic E-state index is -5.08. The molecule has 2 aromatic carbocycles. The average Bonchev–Trinajstić information content (AvgIpc) is 2.95. The van der Waals surface area contributed by atoms with Crippen LogP contribution in [0.25, 0.3) is 0 Å². The molecule has 6 N–H and O–H groups in total. The van der Waals surface area contributed by atoms with E-state index in [-0.39, 0.29) is 35.8 Å². The molecule has 1 amide bonds. The van der Waals surface area contributed by atoms with Gasteiger partial charge in [0.25, 0.3) is 5.91 Å². The molecule has 1 heterocycles. The van der Waals surface area contributed by atoms with Gasteiger partial charge in [-0.1, -0.05) is 31.2 Å². The first-order chi connectivity index (χ1) is 20.8. The first-order valence-electron chi connectivity index (χ1n) is 12.7. The van der Waals surface area contributed by atoms with Crippen LogP contribution >= 0.6 is 7.60 Å². The zero-order valence-electron chi connectivity index (χ0n) is 23.7. The summed E-state index contributed by atoms with van der Waals surface area (Å²) in [6, 6.07) is 11.9. The smallest absolute Gasteiger partial charge is 0.475 e. The number of ether oxygens (including phenoxy) is 1. The van der Waals surface area contributed by atoms with Crippen molar-refractivity contribution < 1.29 is 60.1 Å². The number of amides is 1. The summed E-state index contributed by atoms with van der Waals surface area (Å²) in [5, 5.41) is 13.1. The van der Waals surface area contributed by atoms with Gasteiger partial charge in [-0.25, -0.2) is 9.78 Å². The first kappa shape index (κ1) is 36.9. The van der Waals surface area contributed by atoms with E-state index in [1.54, 1.807) is 26.0 Å². The molecule has 45 heavy (non-hydrogen) atoms. The van der Waals surface area contributed by atoms with Crippen molar-refractivity contribution in [3.05, 3.63) is 71.4 Å². The lowest BCUT2D eigenvalue weighted by molar-refractivity contribution is -0.192. The molecule has 0 spiro atoms. The van der Waals surface area contributed by atoms with Gasteiger partial charge in [-0.15, -0.1) is 0 Å². The Labute approximate surface area is 252 Å². The minimum Gasteiger partial charge on any atom is -0.475 e. The molecule has 0 radical (unpaired) electrons. The number of halogens is 6. The third-order valence-electron chi connectivity index (χ3n) is 5.91. The summed E-state index contributed by atoms with van der Waals surface area (Å²) in [7, 11) is -3.31. The molecule has 3 aromatic rings. The SMILES string of the molecule is CCOC(CC)(c1ccc(Nc2ncc(C(F)(F)F)c(Nc3ccccc3C(=O)NC)n2)cc1)P(=O)(O)O.O=C(O)C(F)(F)F. The molecule has 12 nitrogen and oxygen atoms in total. The van der Waals surface area contributed by atoms with Crippen LogP contribution < -0.4 is 16.0 Å². The molecule has 0 bridgehead atoms. The molecular formula is C26H28F6N5O7P. The predicted molar refractivity (Wildman–Crippen MR) is 149 cm³/mol. The van der Waals surface area contributed by atoms with Crippen LogP contribution in [0.5, 0.6) is 0 Å². The van der Waals surface area contributed by atoms with Crippen LogP contribution in [0, 0.1) is 0 Å². The molecule has 1 aromatic heterocycles. The van der Waals surface area contributed by atoms with Crippen molar-refractivity contribution in [3.8, 4) is 0 Å². The number of carboxylic acids is 1. The molecule has 1 unspecified atom stereocenters. The highest BCUT2D eigenvalue weighted by Gasteiger charge is 2.48. The molecule has 3 rings (SSSR count). The van der Waals surface area contributed by atoms with E-state index in [0.29, 0.717) is 11.9 Å². The number of rotatable bonds is 10. The lowest BCUT2D eigenvalue weighted by Crippen LogP contribution is -2.29. The fourth-order valence-electron chi connectivity index (χ4n) is 3.83. The van der Waals surface area contributed by atoms with Gasteiger partial charge < -0.3 is 35.6 Å². The first-order valence-corrected chi connectivity index (χ1v) is 14.3. The molecule has 1 atom stereocenters. The Balaban J connectivity index is 0.000000900. The summed E-state index contributed by atoms with van der Waals surface area (Å²) in [5.41, 5.74) is -0.336. The van der Waals surface area contributed by atoms with Crippen molar-refractivity contribution in [2.24, 2.45) is 0 Å². The number of anilines is 4. The van der Waals surface area contributed by atoms with Gasteiger partial charge in [-0.05, 0) is 43.2 Å². The summed E-state index contributed by atoms with van der Waals surface area (Å²) in [5.74, 6) is -4.02. The summed E-state index contributed by atoms with van der Waals surface area (Å²) in [6.45, 7) is 3.28. The summed E-state index contributed by atoms with van der Waals surface area (Å²) in [6.07, 6.45) is -9.25. The van der Waals surface area contributed by atoms with Gasteiger partial charge >= 0.3 is 25.9 Å². The second-order valence-electron chi connectivity index (χ2n) is 8.82. The zero-order valence-corrected chi connectivity index (χ0v) is 24.6. The number of carbonyl (C=O) groups is 2. The number of alkyl halides is 6. The van der Waals surface area contributed by atoms with E-state index in [1.807, 2.05) is 0 Å². The number of aromatic nitrogens is 2. The molecule has 0 aliphatic carbocycles. The highest BCUT2D eigenvalue weighted by Crippen LogP contribution is 2.59. The maximum atomic E-state index is 13.7. The minimum absolute atomic E-state index is 0.00641. The molecule has 0 aliphatic rings. The monoisotopic (exact) mass is 667 g/mol. The van der Waals surface area contributed by atoms with Crippen LogP contribution in [-0.2, 0) is 25.6 Å². The van der Waals surface area contributed by atoms with Gasteiger partial charge in [0.05, 0.1) is 11.3 Å². The highest BCUT2D eigenvalue weighted by molar-refractivity contribution is 7.52. The quantitative estimate of drug-likeness (QED) is 0.114. The van der Waals surface area contributed by atoms with E-state index < -0.39 is 48.5 Å². The molecule has 0 saturated carbocycles. The van der Waals surface area contributed by atoms with E-state index >= 15 is 0 Å². The van der Waals surface area contributed by atoms with E-state index in [0.717, 1.165) is 0 Å². The van der Waals surface area contributed by atoms with Crippen molar-refractivity contribution >= 4 is 42.6 Å². The van der Waals surface area contributed by atoms with Gasteiger partial charge in [-0.3, -0.25) is 9.36 Å². The maximum Gasteiger partial charge on any atom is 0.490 e. The second-order valence-corrected chi connectivity index (χ2v) is 10.6. The number of carboxylic acid groups (broad SMARTS) is 1. The van der Waals surface area contributed by atoms with Crippen molar-refractivity contribution in [1.29, 1.82) is 0 Å². The Kier molecular flexibility index (Phi) is 12.1. The lowest BCUT2D eigenvalue weighted by Gasteiger charge is -2.33. The molecule has 0 aliphatic heterocycles. The Morgan fingerprint density at radius 3 is 2.00 bits per heavy atom. The van der Waals surface area contributed by atoms with Crippen molar-refractivity contribution in [2.75, 3.05) is 24.3 Å². The number of carbonyl (C=O) groups excluding carboxylic acids is 1. The fourth-order valence-corrected chi connectivity index (χ4v) is 5.02. The lowest BCUT2D eigenvalue weighted by atomic mass is 10.1. The van der Waals surface area contributed by atoms with Gasteiger partial charge in [0, 0.05) is 25.5 Å². The third kappa shape index (κ3) is 9.37. The Morgan fingerprint density at radius 2 is 1.53 bits per heavy atom. The topological polar surface area (TPSA) is 183 Å². The third-order valence-corrected chi connectivity index (χ3v) is 7.56. The number of benzene rings is 2. The van der Waals surface area contributed by atoms with Crippen LogP contribution in [-0.4, -0.2) is 56.6 Å². The van der Waals surface area contributed by atoms with Crippen LogP contribution in [0.2, 0.25) is 0 Å². The predicted octanol–water partition coefficient (Wildman–Crippen LogP) is 5.75. The maximum absolute atomic E-state index is 13.7. The Bertz CT molecular complexity index is 1530. The summed E-state index contributed by atoms with van der Waals surface area (Å²) in [4.78, 5) is 48.7. The van der Waals surface area contributed by atoms with E-state index in [4.69, 9.17) is 14.6 Å². The zero-order chi connectivity index (χ0) is 34.2. The van der Waals surface area contributed by atoms with Crippen LogP contribution in [0.4, 0.5) is 49.5 Å². The Morgan fingerprint density at radius 1 is 0.956 bits per heavy atom. The average molecular weight is 668 g/mol. The Hall–Kier alpha value is -4.25. The van der Waals surface area contributed by atoms with Gasteiger partial charge in [0.15, 0.2) is 5.34 Å². The summed E-state index contributed by atoms with van der Waals surface area (Å²) >= 11 is 0. The molecule has 246 valence electrons. The largest absolute Gasteiger partial charge is 0.490 e. The van der Waals surface area contributed by atoms with Gasteiger partial charge in [-0.2, -0.15) is 31.3 Å². The molecule has 0 fully saturated rings. The number of hydrogen-bond acceptors (Lipinski definition) is 8. The second kappa shape index (κ2) is 14.7. The normalized spacial score (nSPS) is 13.1. The van der Waals surface area contributed by atoms with Gasteiger partial charge in [0.1, 0.15) is 11.4 Å². The van der Waals surface area contributed by atoms with E-state index in [1.165, 1.54) is 43.4 Å². The van der Waals surface area contributed by atoms with E-state index in [9.17, 15) is 45.5 Å². The highest BCUT2D eigenvalue weighted by atomic mass is 31.2. The van der Waals surface area contributed by atoms with Gasteiger partial charge in [0.2, 0.25) is 5.95 Å². The van der Waals surface area contributed by atoms with Crippen LogP contribution in [0.15, 0.2) is 54.7 Å². The summed E-state index contributed by atoms with van der Waals surface area (Å²) < 4.78 is 90.5. The van der Waals surface area contributed by atoms with Crippen molar-refractivity contribution in [2.45, 2.75) is 38.0 Å². The van der Waals surface area contributed by atoms with Crippen molar-refractivity contribution in [3.63, 3.8) is 0 Å². The molecule has 19 heteroatoms.